The lowest BCUT2D eigenvalue weighted by Crippen LogP contribution is -2.46. The van der Waals surface area contributed by atoms with Crippen molar-refractivity contribution in [2.45, 2.75) is 45.1 Å². The van der Waals surface area contributed by atoms with Crippen molar-refractivity contribution in [3.63, 3.8) is 0 Å². The standard InChI is InChI=1S/C30H28N2O4/c1-20-9-8-10-22(17-20)15-16-30(35,19-29(3,4)23-11-6-5-7-12-23)28(34)31-24-13-14-25-26(18-24)21(2)32-36-27(25)33/h5-14,17-18,35H,19H2,1-4H3,(H,31,34). The zero-order valence-corrected chi connectivity index (χ0v) is 20.8. The Morgan fingerprint density at radius 3 is 2.47 bits per heavy atom. The number of aryl methyl sites for hydroxylation is 2. The minimum Gasteiger partial charge on any atom is -0.369 e. The monoisotopic (exact) mass is 480 g/mol. The van der Waals surface area contributed by atoms with Gasteiger partial charge in [0.1, 0.15) is 0 Å². The van der Waals surface area contributed by atoms with Crippen molar-refractivity contribution in [2.24, 2.45) is 0 Å². The number of carbonyl (C=O) groups is 1. The molecule has 0 aliphatic carbocycles. The van der Waals surface area contributed by atoms with Gasteiger partial charge in [-0.1, -0.05) is 73.3 Å². The summed E-state index contributed by atoms with van der Waals surface area (Å²) in [6, 6.07) is 22.1. The zero-order valence-electron chi connectivity index (χ0n) is 20.8. The SMILES string of the molecule is Cc1cccc(C#CC(O)(CC(C)(C)c2ccccc2)C(=O)Nc2ccc3c(=O)onc(C)c3c2)c1. The summed E-state index contributed by atoms with van der Waals surface area (Å²) in [4.78, 5) is 25.5. The molecule has 0 fully saturated rings. The molecule has 182 valence electrons. The summed E-state index contributed by atoms with van der Waals surface area (Å²) in [5.74, 6) is 5.19. The number of hydrogen-bond donors (Lipinski definition) is 2. The van der Waals surface area contributed by atoms with Crippen molar-refractivity contribution in [2.75, 3.05) is 5.32 Å². The molecule has 1 unspecified atom stereocenters. The van der Waals surface area contributed by atoms with E-state index in [0.717, 1.165) is 11.1 Å². The first-order chi connectivity index (χ1) is 17.1. The summed E-state index contributed by atoms with van der Waals surface area (Å²) >= 11 is 0. The Balaban J connectivity index is 1.72. The number of aliphatic hydroxyl groups is 1. The first-order valence-electron chi connectivity index (χ1n) is 11.7. The van der Waals surface area contributed by atoms with Crippen LogP contribution in [0.1, 0.15) is 42.7 Å². The molecule has 0 bridgehead atoms. The van der Waals surface area contributed by atoms with Crippen LogP contribution in [-0.2, 0) is 10.2 Å². The number of hydrogen-bond acceptors (Lipinski definition) is 5. The van der Waals surface area contributed by atoms with Crippen LogP contribution in [0.4, 0.5) is 5.69 Å². The number of nitrogens with one attached hydrogen (secondary N) is 1. The summed E-state index contributed by atoms with van der Waals surface area (Å²) in [7, 11) is 0. The van der Waals surface area contributed by atoms with Gasteiger partial charge in [0, 0.05) is 23.1 Å². The molecule has 0 saturated carbocycles. The van der Waals surface area contributed by atoms with Gasteiger partial charge in [-0.25, -0.2) is 4.79 Å². The van der Waals surface area contributed by atoms with Crippen LogP contribution in [0.5, 0.6) is 0 Å². The van der Waals surface area contributed by atoms with Crippen LogP contribution in [0.15, 0.2) is 82.1 Å². The maximum Gasteiger partial charge on any atom is 0.366 e. The Hall–Kier alpha value is -4.21. The van der Waals surface area contributed by atoms with Crippen molar-refractivity contribution < 1.29 is 14.4 Å². The highest BCUT2D eigenvalue weighted by atomic mass is 16.5. The Morgan fingerprint density at radius 2 is 1.75 bits per heavy atom. The highest BCUT2D eigenvalue weighted by Gasteiger charge is 2.41. The van der Waals surface area contributed by atoms with Crippen molar-refractivity contribution in [3.8, 4) is 11.8 Å². The van der Waals surface area contributed by atoms with Gasteiger partial charge in [-0.3, -0.25) is 4.79 Å². The molecule has 0 radical (unpaired) electrons. The van der Waals surface area contributed by atoms with Crippen LogP contribution in [-0.4, -0.2) is 21.8 Å². The second-order valence-electron chi connectivity index (χ2n) is 9.68. The minimum atomic E-state index is -2.00. The first-order valence-corrected chi connectivity index (χ1v) is 11.7. The second-order valence-corrected chi connectivity index (χ2v) is 9.68. The molecule has 6 heteroatoms. The minimum absolute atomic E-state index is 0.0619. The van der Waals surface area contributed by atoms with Gasteiger partial charge in [-0.15, -0.1) is 0 Å². The topological polar surface area (TPSA) is 92.4 Å². The first kappa shape index (κ1) is 24.9. The third kappa shape index (κ3) is 5.37. The number of anilines is 1. The molecule has 0 aliphatic rings. The number of aromatic nitrogens is 1. The molecule has 3 aromatic carbocycles. The molecule has 1 amide bonds. The molecule has 1 atom stereocenters. The van der Waals surface area contributed by atoms with Crippen LogP contribution < -0.4 is 10.9 Å². The lowest BCUT2D eigenvalue weighted by atomic mass is 9.75. The smallest absolute Gasteiger partial charge is 0.366 e. The van der Waals surface area contributed by atoms with Gasteiger partial charge in [-0.05, 0) is 60.7 Å². The van der Waals surface area contributed by atoms with E-state index >= 15 is 0 Å². The van der Waals surface area contributed by atoms with Crippen LogP contribution >= 0.6 is 0 Å². The molecule has 36 heavy (non-hydrogen) atoms. The fourth-order valence-corrected chi connectivity index (χ4v) is 4.25. The van der Waals surface area contributed by atoms with Gasteiger partial charge in [0.25, 0.3) is 5.91 Å². The molecule has 1 heterocycles. The fraction of sp³-hybridized carbons (Fsp3) is 0.233. The van der Waals surface area contributed by atoms with Gasteiger partial charge in [0.05, 0.1) is 11.1 Å². The lowest BCUT2D eigenvalue weighted by molar-refractivity contribution is -0.130. The van der Waals surface area contributed by atoms with Gasteiger partial charge in [-0.2, -0.15) is 0 Å². The van der Waals surface area contributed by atoms with E-state index in [0.29, 0.717) is 27.7 Å². The van der Waals surface area contributed by atoms with Crippen LogP contribution in [0.25, 0.3) is 10.8 Å². The van der Waals surface area contributed by atoms with E-state index in [1.165, 1.54) is 0 Å². The molecule has 0 saturated heterocycles. The van der Waals surface area contributed by atoms with E-state index in [-0.39, 0.29) is 6.42 Å². The van der Waals surface area contributed by atoms with Crippen molar-refractivity contribution >= 4 is 22.4 Å². The molecule has 4 aromatic rings. The van der Waals surface area contributed by atoms with Crippen LogP contribution in [0.2, 0.25) is 0 Å². The highest BCUT2D eigenvalue weighted by Crippen LogP contribution is 2.33. The third-order valence-electron chi connectivity index (χ3n) is 6.21. The third-order valence-corrected chi connectivity index (χ3v) is 6.21. The van der Waals surface area contributed by atoms with Crippen LogP contribution in [0, 0.1) is 25.7 Å². The maximum atomic E-state index is 13.6. The van der Waals surface area contributed by atoms with Crippen molar-refractivity contribution in [1.29, 1.82) is 0 Å². The largest absolute Gasteiger partial charge is 0.369 e. The highest BCUT2D eigenvalue weighted by molar-refractivity contribution is 6.01. The Kier molecular flexibility index (Phi) is 6.78. The number of fused-ring (bicyclic) bond motifs is 1. The molecule has 6 nitrogen and oxygen atoms in total. The average molecular weight is 481 g/mol. The number of rotatable bonds is 5. The molecule has 0 spiro atoms. The van der Waals surface area contributed by atoms with Crippen LogP contribution in [0.3, 0.4) is 0 Å². The van der Waals surface area contributed by atoms with E-state index in [9.17, 15) is 14.7 Å². The molecular weight excluding hydrogens is 452 g/mol. The van der Waals surface area contributed by atoms with E-state index in [2.05, 4.69) is 22.3 Å². The summed E-state index contributed by atoms with van der Waals surface area (Å²) in [6.07, 6.45) is 0.0619. The molecule has 2 N–H and O–H groups in total. The summed E-state index contributed by atoms with van der Waals surface area (Å²) in [5, 5.41) is 19.2. The second kappa shape index (κ2) is 9.80. The molecule has 4 rings (SSSR count). The zero-order chi connectivity index (χ0) is 25.9. The van der Waals surface area contributed by atoms with Gasteiger partial charge in [0.15, 0.2) is 0 Å². The summed E-state index contributed by atoms with van der Waals surface area (Å²) in [5.41, 5.74) is 0.531. The number of carbonyl (C=O) groups excluding carboxylic acids is 1. The molecule has 1 aromatic heterocycles. The quantitative estimate of drug-likeness (QED) is 0.397. The molecule has 0 aliphatic heterocycles. The van der Waals surface area contributed by atoms with Crippen molar-refractivity contribution in [3.05, 3.63) is 106 Å². The predicted octanol–water partition coefficient (Wildman–Crippen LogP) is 4.89. The van der Waals surface area contributed by atoms with E-state index in [1.54, 1.807) is 25.1 Å². The number of benzene rings is 3. The summed E-state index contributed by atoms with van der Waals surface area (Å²) in [6.45, 7) is 7.61. The Morgan fingerprint density at radius 1 is 1.00 bits per heavy atom. The van der Waals surface area contributed by atoms with Gasteiger partial charge < -0.3 is 14.9 Å². The van der Waals surface area contributed by atoms with Gasteiger partial charge in [0.2, 0.25) is 5.60 Å². The normalized spacial score (nSPS) is 12.9. The van der Waals surface area contributed by atoms with E-state index < -0.39 is 22.5 Å². The van der Waals surface area contributed by atoms with Crippen molar-refractivity contribution in [1.82, 2.24) is 5.16 Å². The Labute approximate surface area is 210 Å². The predicted molar refractivity (Wildman–Crippen MR) is 141 cm³/mol. The maximum absolute atomic E-state index is 13.6. The van der Waals surface area contributed by atoms with E-state index in [4.69, 9.17) is 4.52 Å². The van der Waals surface area contributed by atoms with Gasteiger partial charge >= 0.3 is 5.63 Å². The fourth-order valence-electron chi connectivity index (χ4n) is 4.25. The number of nitrogens with zero attached hydrogens (tertiary/aromatic N) is 1. The summed E-state index contributed by atoms with van der Waals surface area (Å²) < 4.78 is 4.77. The van der Waals surface area contributed by atoms with E-state index in [1.807, 2.05) is 75.4 Å². The Bertz CT molecular complexity index is 1540. The lowest BCUT2D eigenvalue weighted by Gasteiger charge is -2.32. The number of amides is 1. The molecular formula is C30H28N2O4. The average Bonchev–Trinajstić information content (AvgIpc) is 2.85.